The van der Waals surface area contributed by atoms with E-state index in [1.807, 2.05) is 0 Å². The lowest BCUT2D eigenvalue weighted by atomic mass is 10.3. The molecule has 2 rings (SSSR count). The van der Waals surface area contributed by atoms with Gasteiger partial charge in [-0.3, -0.25) is 4.79 Å². The van der Waals surface area contributed by atoms with Crippen LogP contribution in [0.25, 0.3) is 0 Å². The largest absolute Gasteiger partial charge is 0.378 e. The van der Waals surface area contributed by atoms with Crippen LogP contribution in [0.5, 0.6) is 0 Å². The first-order chi connectivity index (χ1) is 9.09. The third-order valence-corrected chi connectivity index (χ3v) is 5.28. The number of amides is 1. The second-order valence-corrected chi connectivity index (χ2v) is 6.80. The molecule has 0 aliphatic carbocycles. The summed E-state index contributed by atoms with van der Waals surface area (Å²) in [7, 11) is -3.30. The molecule has 0 spiro atoms. The van der Waals surface area contributed by atoms with Crippen molar-refractivity contribution in [2.24, 2.45) is 0 Å². The van der Waals surface area contributed by atoms with E-state index < -0.39 is 10.0 Å². The number of nitrogens with one attached hydrogen (secondary N) is 1. The summed E-state index contributed by atoms with van der Waals surface area (Å²) in [5, 5.41) is 3.11. The molecule has 2 saturated heterocycles. The lowest BCUT2D eigenvalue weighted by Crippen LogP contribution is -2.48. The van der Waals surface area contributed by atoms with Gasteiger partial charge in [0.15, 0.2) is 0 Å². The topological polar surface area (TPSA) is 79.0 Å². The van der Waals surface area contributed by atoms with Gasteiger partial charge < -0.3 is 15.0 Å². The van der Waals surface area contributed by atoms with Crippen LogP contribution < -0.4 is 5.32 Å². The lowest BCUT2D eigenvalue weighted by molar-refractivity contribution is -0.134. The smallest absolute Gasteiger partial charge is 0.223 e. The van der Waals surface area contributed by atoms with E-state index in [1.165, 1.54) is 4.31 Å². The first-order valence-corrected chi connectivity index (χ1v) is 8.24. The van der Waals surface area contributed by atoms with E-state index in [0.717, 1.165) is 0 Å². The summed E-state index contributed by atoms with van der Waals surface area (Å²) >= 11 is 0. The van der Waals surface area contributed by atoms with Crippen molar-refractivity contribution in [2.45, 2.75) is 6.42 Å². The molecule has 2 fully saturated rings. The van der Waals surface area contributed by atoms with Gasteiger partial charge in [-0.25, -0.2) is 8.42 Å². The summed E-state index contributed by atoms with van der Waals surface area (Å²) in [5.41, 5.74) is 0. The summed E-state index contributed by atoms with van der Waals surface area (Å²) in [4.78, 5) is 13.6. The first-order valence-electron chi connectivity index (χ1n) is 6.64. The molecule has 2 aliphatic rings. The quantitative estimate of drug-likeness (QED) is 0.680. The van der Waals surface area contributed by atoms with E-state index in [2.05, 4.69) is 5.32 Å². The van der Waals surface area contributed by atoms with Crippen LogP contribution in [-0.4, -0.2) is 81.8 Å². The minimum atomic E-state index is -3.30. The Labute approximate surface area is 113 Å². The van der Waals surface area contributed by atoms with Gasteiger partial charge in [-0.15, -0.1) is 0 Å². The highest BCUT2D eigenvalue weighted by atomic mass is 32.2. The second-order valence-electron chi connectivity index (χ2n) is 4.71. The molecular weight excluding hydrogens is 270 g/mol. The van der Waals surface area contributed by atoms with Gasteiger partial charge in [-0.1, -0.05) is 0 Å². The van der Waals surface area contributed by atoms with Crippen molar-refractivity contribution < 1.29 is 17.9 Å². The molecule has 0 saturated carbocycles. The minimum absolute atomic E-state index is 0.0618. The SMILES string of the molecule is O=C(CCS(=O)(=O)N1CCNCC1)N1CCOCC1. The second kappa shape index (κ2) is 6.65. The Hall–Kier alpha value is -0.700. The highest BCUT2D eigenvalue weighted by Crippen LogP contribution is 2.07. The number of carbonyl (C=O) groups is 1. The fourth-order valence-electron chi connectivity index (χ4n) is 2.24. The molecule has 2 aliphatic heterocycles. The zero-order chi connectivity index (χ0) is 13.7. The number of morpholine rings is 1. The maximum Gasteiger partial charge on any atom is 0.223 e. The third-order valence-electron chi connectivity index (χ3n) is 3.41. The van der Waals surface area contributed by atoms with E-state index >= 15 is 0 Å². The maximum absolute atomic E-state index is 12.1. The predicted molar refractivity (Wildman–Crippen MR) is 70.2 cm³/mol. The summed E-state index contributed by atoms with van der Waals surface area (Å²) in [6.07, 6.45) is 0.0618. The number of carbonyl (C=O) groups excluding carboxylic acids is 1. The molecule has 2 heterocycles. The van der Waals surface area contributed by atoms with Crippen LogP contribution in [0.3, 0.4) is 0 Å². The molecule has 0 atom stereocenters. The molecule has 0 bridgehead atoms. The molecular formula is C11H21N3O4S. The van der Waals surface area contributed by atoms with Gasteiger partial charge in [-0.05, 0) is 0 Å². The number of hydrogen-bond donors (Lipinski definition) is 1. The van der Waals surface area contributed by atoms with Crippen LogP contribution in [0.1, 0.15) is 6.42 Å². The molecule has 1 N–H and O–H groups in total. The number of hydrogen-bond acceptors (Lipinski definition) is 5. The first kappa shape index (κ1) is 14.7. The van der Waals surface area contributed by atoms with Gasteiger partial charge in [0.25, 0.3) is 0 Å². The lowest BCUT2D eigenvalue weighted by Gasteiger charge is -2.28. The van der Waals surface area contributed by atoms with Gasteiger partial charge in [0.2, 0.25) is 15.9 Å². The monoisotopic (exact) mass is 291 g/mol. The van der Waals surface area contributed by atoms with Crippen molar-refractivity contribution >= 4 is 15.9 Å². The molecule has 0 aromatic carbocycles. The van der Waals surface area contributed by atoms with Crippen LogP contribution >= 0.6 is 0 Å². The van der Waals surface area contributed by atoms with E-state index in [0.29, 0.717) is 52.5 Å². The van der Waals surface area contributed by atoms with Crippen molar-refractivity contribution in [1.29, 1.82) is 0 Å². The summed E-state index contributed by atoms with van der Waals surface area (Å²) in [6, 6.07) is 0. The molecule has 7 nitrogen and oxygen atoms in total. The maximum atomic E-state index is 12.1. The summed E-state index contributed by atoms with van der Waals surface area (Å²) in [5.74, 6) is -0.189. The Morgan fingerprint density at radius 2 is 1.74 bits per heavy atom. The molecule has 0 radical (unpaired) electrons. The summed E-state index contributed by atoms with van der Waals surface area (Å²) < 4.78 is 30.8. The van der Waals surface area contributed by atoms with Crippen LogP contribution in [0.2, 0.25) is 0 Å². The van der Waals surface area contributed by atoms with Crippen molar-refractivity contribution in [1.82, 2.24) is 14.5 Å². The highest BCUT2D eigenvalue weighted by Gasteiger charge is 2.26. The average Bonchev–Trinajstić information content (AvgIpc) is 2.47. The summed E-state index contributed by atoms with van der Waals surface area (Å²) in [6.45, 7) is 4.54. The predicted octanol–water partition coefficient (Wildman–Crippen LogP) is -1.53. The normalized spacial score (nSPS) is 22.4. The fourth-order valence-corrected chi connectivity index (χ4v) is 3.67. The Balaban J connectivity index is 1.81. The Bertz CT molecular complexity index is 400. The molecule has 8 heteroatoms. The van der Waals surface area contributed by atoms with Crippen LogP contribution in [0.4, 0.5) is 0 Å². The van der Waals surface area contributed by atoms with Gasteiger partial charge in [-0.2, -0.15) is 4.31 Å². The fraction of sp³-hybridized carbons (Fsp3) is 0.909. The Morgan fingerprint density at radius 3 is 2.37 bits per heavy atom. The van der Waals surface area contributed by atoms with E-state index in [9.17, 15) is 13.2 Å². The average molecular weight is 291 g/mol. The Morgan fingerprint density at radius 1 is 1.11 bits per heavy atom. The molecule has 1 amide bonds. The van der Waals surface area contributed by atoms with E-state index in [4.69, 9.17) is 4.74 Å². The van der Waals surface area contributed by atoms with Crippen molar-refractivity contribution in [2.75, 3.05) is 58.2 Å². The zero-order valence-electron chi connectivity index (χ0n) is 11.0. The number of sulfonamides is 1. The minimum Gasteiger partial charge on any atom is -0.378 e. The molecule has 110 valence electrons. The number of nitrogens with zero attached hydrogens (tertiary/aromatic N) is 2. The van der Waals surface area contributed by atoms with Crippen molar-refractivity contribution in [3.63, 3.8) is 0 Å². The van der Waals surface area contributed by atoms with Crippen molar-refractivity contribution in [3.05, 3.63) is 0 Å². The number of ether oxygens (including phenoxy) is 1. The van der Waals surface area contributed by atoms with Gasteiger partial charge >= 0.3 is 0 Å². The molecule has 19 heavy (non-hydrogen) atoms. The van der Waals surface area contributed by atoms with E-state index in [-0.39, 0.29) is 18.1 Å². The van der Waals surface area contributed by atoms with E-state index in [1.54, 1.807) is 4.90 Å². The van der Waals surface area contributed by atoms with Crippen LogP contribution in [-0.2, 0) is 19.6 Å². The number of rotatable bonds is 4. The molecule has 0 aromatic heterocycles. The molecule has 0 unspecified atom stereocenters. The highest BCUT2D eigenvalue weighted by molar-refractivity contribution is 7.89. The van der Waals surface area contributed by atoms with Crippen LogP contribution in [0.15, 0.2) is 0 Å². The molecule has 0 aromatic rings. The van der Waals surface area contributed by atoms with Crippen molar-refractivity contribution in [3.8, 4) is 0 Å². The number of piperazine rings is 1. The zero-order valence-corrected chi connectivity index (χ0v) is 11.8. The van der Waals surface area contributed by atoms with Gasteiger partial charge in [0.05, 0.1) is 19.0 Å². The Kier molecular flexibility index (Phi) is 5.14. The van der Waals surface area contributed by atoms with Crippen LogP contribution in [0, 0.1) is 0 Å². The van der Waals surface area contributed by atoms with Gasteiger partial charge in [0, 0.05) is 45.7 Å². The standard InChI is InChI=1S/C11H21N3O4S/c15-11(13-6-8-18-9-7-13)1-10-19(16,17)14-4-2-12-3-5-14/h12H,1-10H2. The third kappa shape index (κ3) is 4.13. The van der Waals surface area contributed by atoms with Gasteiger partial charge in [0.1, 0.15) is 0 Å².